The van der Waals surface area contributed by atoms with Crippen molar-refractivity contribution in [2.75, 3.05) is 5.73 Å². The number of nitrogen functional groups attached to an aromatic ring is 1. The van der Waals surface area contributed by atoms with E-state index in [4.69, 9.17) is 21.7 Å². The molecule has 0 spiro atoms. The first-order chi connectivity index (χ1) is 9.40. The van der Waals surface area contributed by atoms with Crippen LogP contribution in [0.3, 0.4) is 0 Å². The lowest BCUT2D eigenvalue weighted by molar-refractivity contribution is 0.0696. The Hall–Kier alpha value is -3.02. The Balaban J connectivity index is 0.000000200. The standard InChI is InChI=1S/2C7H7NO2/c8-7(10)5-1-3-6(9)4-2-5;8-6-3-1-5(2-4-6)7(9)10/h1-4,9H,(H2,8,10);1-4H,8H2,(H,9,10). The quantitative estimate of drug-likeness (QED) is 0.616. The summed E-state index contributed by atoms with van der Waals surface area (Å²) in [4.78, 5) is 20.7. The first-order valence-electron chi connectivity index (χ1n) is 5.58. The highest BCUT2D eigenvalue weighted by Gasteiger charge is 1.99. The van der Waals surface area contributed by atoms with Crippen molar-refractivity contribution >= 4 is 17.6 Å². The Labute approximate surface area is 115 Å². The van der Waals surface area contributed by atoms with Crippen LogP contribution in [0, 0.1) is 0 Å². The summed E-state index contributed by atoms with van der Waals surface area (Å²) in [6, 6.07) is 11.8. The lowest BCUT2D eigenvalue weighted by Crippen LogP contribution is -2.10. The molecule has 0 bridgehead atoms. The van der Waals surface area contributed by atoms with Crippen LogP contribution in [0.1, 0.15) is 20.7 Å². The fraction of sp³-hybridized carbons (Fsp3) is 0. The van der Waals surface area contributed by atoms with Gasteiger partial charge in [-0.1, -0.05) is 0 Å². The Bertz CT molecular complexity index is 536. The average Bonchev–Trinajstić information content (AvgIpc) is 2.40. The third-order valence-electron chi connectivity index (χ3n) is 2.31. The first-order valence-corrected chi connectivity index (χ1v) is 5.58. The molecule has 20 heavy (non-hydrogen) atoms. The number of hydrogen-bond acceptors (Lipinski definition) is 4. The van der Waals surface area contributed by atoms with Gasteiger partial charge in [0.25, 0.3) is 0 Å². The molecule has 104 valence electrons. The molecule has 6 N–H and O–H groups in total. The topological polar surface area (TPSA) is 127 Å². The van der Waals surface area contributed by atoms with Crippen molar-refractivity contribution in [1.29, 1.82) is 0 Å². The Morgan fingerprint density at radius 3 is 1.70 bits per heavy atom. The van der Waals surface area contributed by atoms with Gasteiger partial charge in [-0.3, -0.25) is 4.79 Å². The third-order valence-corrected chi connectivity index (χ3v) is 2.31. The zero-order valence-corrected chi connectivity index (χ0v) is 10.5. The van der Waals surface area contributed by atoms with Gasteiger partial charge in [-0.15, -0.1) is 0 Å². The van der Waals surface area contributed by atoms with Crippen LogP contribution in [0.5, 0.6) is 5.75 Å². The van der Waals surface area contributed by atoms with Gasteiger partial charge in [-0.2, -0.15) is 0 Å². The molecule has 0 radical (unpaired) electrons. The predicted molar refractivity (Wildman–Crippen MR) is 74.4 cm³/mol. The lowest BCUT2D eigenvalue weighted by atomic mass is 10.2. The van der Waals surface area contributed by atoms with Gasteiger partial charge in [0.1, 0.15) is 5.75 Å². The van der Waals surface area contributed by atoms with E-state index in [0.29, 0.717) is 11.3 Å². The molecule has 0 atom stereocenters. The number of carboxylic acids is 1. The first kappa shape index (κ1) is 15.0. The maximum atomic E-state index is 10.5. The van der Waals surface area contributed by atoms with Gasteiger partial charge in [-0.05, 0) is 48.5 Å². The van der Waals surface area contributed by atoms with Crippen LogP contribution in [-0.4, -0.2) is 22.1 Å². The van der Waals surface area contributed by atoms with Crippen LogP contribution in [0.4, 0.5) is 5.69 Å². The summed E-state index contributed by atoms with van der Waals surface area (Å²) >= 11 is 0. The molecule has 0 saturated heterocycles. The van der Waals surface area contributed by atoms with Gasteiger partial charge < -0.3 is 21.7 Å². The molecule has 0 unspecified atom stereocenters. The van der Waals surface area contributed by atoms with Crippen LogP contribution < -0.4 is 11.5 Å². The van der Waals surface area contributed by atoms with E-state index in [2.05, 4.69) is 0 Å². The number of amides is 1. The minimum absolute atomic E-state index is 0.130. The number of aromatic carboxylic acids is 1. The highest BCUT2D eigenvalue weighted by Crippen LogP contribution is 2.08. The average molecular weight is 274 g/mol. The molecule has 6 heteroatoms. The Kier molecular flexibility index (Phi) is 5.11. The second-order valence-electron chi connectivity index (χ2n) is 3.84. The number of carboxylic acid groups (broad SMARTS) is 1. The number of carbonyl (C=O) groups excluding carboxylic acids is 1. The third kappa shape index (κ3) is 4.69. The number of hydrogen-bond donors (Lipinski definition) is 4. The fourth-order valence-electron chi connectivity index (χ4n) is 1.25. The lowest BCUT2D eigenvalue weighted by Gasteiger charge is -1.93. The number of aromatic hydroxyl groups is 1. The van der Waals surface area contributed by atoms with E-state index >= 15 is 0 Å². The van der Waals surface area contributed by atoms with Crippen molar-refractivity contribution in [1.82, 2.24) is 0 Å². The second-order valence-corrected chi connectivity index (χ2v) is 3.84. The number of carbonyl (C=O) groups is 2. The van der Waals surface area contributed by atoms with E-state index in [1.165, 1.54) is 36.4 Å². The van der Waals surface area contributed by atoms with Crippen LogP contribution in [0.25, 0.3) is 0 Å². The summed E-state index contributed by atoms with van der Waals surface area (Å²) in [5.74, 6) is -1.29. The number of nitrogens with two attached hydrogens (primary N) is 2. The van der Waals surface area contributed by atoms with Gasteiger partial charge in [0.05, 0.1) is 5.56 Å². The van der Waals surface area contributed by atoms with Crippen LogP contribution in [0.15, 0.2) is 48.5 Å². The fourth-order valence-corrected chi connectivity index (χ4v) is 1.25. The molecular formula is C14H14N2O4. The molecule has 2 rings (SSSR count). The van der Waals surface area contributed by atoms with Crippen molar-refractivity contribution in [3.05, 3.63) is 59.7 Å². The van der Waals surface area contributed by atoms with E-state index in [0.717, 1.165) is 0 Å². The molecule has 0 aromatic heterocycles. The number of rotatable bonds is 2. The number of phenolic OH excluding ortho intramolecular Hbond substituents is 1. The zero-order chi connectivity index (χ0) is 15.1. The maximum absolute atomic E-state index is 10.5. The van der Waals surface area contributed by atoms with Gasteiger partial charge in [0.2, 0.25) is 5.91 Å². The number of anilines is 1. The molecule has 0 heterocycles. The molecule has 0 aliphatic rings. The highest BCUT2D eigenvalue weighted by atomic mass is 16.4. The van der Waals surface area contributed by atoms with E-state index in [1.54, 1.807) is 12.1 Å². The van der Waals surface area contributed by atoms with E-state index in [9.17, 15) is 9.59 Å². The molecule has 0 aliphatic carbocycles. The van der Waals surface area contributed by atoms with Gasteiger partial charge in [0, 0.05) is 11.3 Å². The molecule has 2 aromatic rings. The van der Waals surface area contributed by atoms with E-state index in [1.807, 2.05) is 0 Å². The van der Waals surface area contributed by atoms with Crippen molar-refractivity contribution in [3.8, 4) is 5.75 Å². The predicted octanol–water partition coefficient (Wildman–Crippen LogP) is 1.46. The van der Waals surface area contributed by atoms with E-state index in [-0.39, 0.29) is 11.3 Å². The number of benzene rings is 2. The maximum Gasteiger partial charge on any atom is 0.335 e. The summed E-state index contributed by atoms with van der Waals surface area (Å²) in [5.41, 5.74) is 11.5. The van der Waals surface area contributed by atoms with E-state index < -0.39 is 11.9 Å². The van der Waals surface area contributed by atoms with Crippen LogP contribution in [0.2, 0.25) is 0 Å². The van der Waals surface area contributed by atoms with Crippen LogP contribution in [-0.2, 0) is 0 Å². The van der Waals surface area contributed by atoms with Crippen molar-refractivity contribution in [3.63, 3.8) is 0 Å². The molecule has 0 fully saturated rings. The SMILES string of the molecule is NC(=O)c1ccc(O)cc1.Nc1ccc(C(=O)O)cc1. The molecule has 0 saturated carbocycles. The van der Waals surface area contributed by atoms with Crippen molar-refractivity contribution < 1.29 is 19.8 Å². The number of phenols is 1. The zero-order valence-electron chi connectivity index (χ0n) is 10.5. The molecule has 2 aromatic carbocycles. The van der Waals surface area contributed by atoms with Gasteiger partial charge in [-0.25, -0.2) is 4.79 Å². The summed E-state index contributed by atoms with van der Waals surface area (Å²) in [6.07, 6.45) is 0. The molecular weight excluding hydrogens is 260 g/mol. The van der Waals surface area contributed by atoms with Crippen LogP contribution >= 0.6 is 0 Å². The molecule has 0 aliphatic heterocycles. The molecule has 6 nitrogen and oxygen atoms in total. The highest BCUT2D eigenvalue weighted by molar-refractivity contribution is 5.92. The minimum Gasteiger partial charge on any atom is -0.508 e. The van der Waals surface area contributed by atoms with Crippen molar-refractivity contribution in [2.24, 2.45) is 5.73 Å². The van der Waals surface area contributed by atoms with Gasteiger partial charge in [0.15, 0.2) is 0 Å². The number of primary amides is 1. The largest absolute Gasteiger partial charge is 0.508 e. The monoisotopic (exact) mass is 274 g/mol. The van der Waals surface area contributed by atoms with Crippen molar-refractivity contribution in [2.45, 2.75) is 0 Å². The normalized spacial score (nSPS) is 9.20. The summed E-state index contributed by atoms with van der Waals surface area (Å²) in [7, 11) is 0. The van der Waals surface area contributed by atoms with Gasteiger partial charge >= 0.3 is 5.97 Å². The minimum atomic E-state index is -0.931. The Morgan fingerprint density at radius 2 is 1.30 bits per heavy atom. The smallest absolute Gasteiger partial charge is 0.335 e. The summed E-state index contributed by atoms with van der Waals surface area (Å²) in [6.45, 7) is 0. The summed E-state index contributed by atoms with van der Waals surface area (Å²) in [5, 5.41) is 17.2. The summed E-state index contributed by atoms with van der Waals surface area (Å²) < 4.78 is 0. The molecule has 1 amide bonds. The Morgan fingerprint density at radius 1 is 0.850 bits per heavy atom. The second kappa shape index (κ2) is 6.79.